The minimum Gasteiger partial charge on any atom is -0.350 e. The van der Waals surface area contributed by atoms with Gasteiger partial charge in [0.05, 0.1) is 22.7 Å². The molecule has 8 heteroatoms. The maximum atomic E-state index is 12.5. The second-order valence-electron chi connectivity index (χ2n) is 7.28. The number of aromatic nitrogens is 3. The third-order valence-corrected chi connectivity index (χ3v) is 5.27. The smallest absolute Gasteiger partial charge is 0.253 e. The fourth-order valence-corrected chi connectivity index (χ4v) is 3.73. The first kappa shape index (κ1) is 21.6. The lowest BCUT2D eigenvalue weighted by atomic mass is 10.1. The number of nitrogens with zero attached hydrogens (tertiary/aromatic N) is 3. The van der Waals surface area contributed by atoms with Gasteiger partial charge in [-0.25, -0.2) is 0 Å². The Labute approximate surface area is 180 Å². The largest absolute Gasteiger partial charge is 0.350 e. The number of aryl methyl sites for hydroxylation is 2. The second kappa shape index (κ2) is 9.58. The number of amides is 2. The Kier molecular flexibility index (Phi) is 6.89. The molecule has 0 fully saturated rings. The Morgan fingerprint density at radius 1 is 1.13 bits per heavy atom. The van der Waals surface area contributed by atoms with Crippen molar-refractivity contribution < 1.29 is 9.59 Å². The molecule has 156 valence electrons. The third kappa shape index (κ3) is 5.27. The van der Waals surface area contributed by atoms with Crippen molar-refractivity contribution in [3.05, 3.63) is 65.5 Å². The molecule has 0 saturated carbocycles. The fourth-order valence-electron chi connectivity index (χ4n) is 3.01. The first-order valence-electron chi connectivity index (χ1n) is 9.65. The van der Waals surface area contributed by atoms with E-state index in [1.165, 1.54) is 17.3 Å². The standard InChI is InChI=1S/C22H25N5O2S/c1-14(2)24-21(29)17-7-5-6-8-18(17)25-20(28)12-30-22-26-23-13-27(22)19-10-9-15(3)11-16(19)4/h5-11,13-14H,12H2,1-4H3,(H,24,29)(H,25,28). The molecule has 3 aromatic rings. The summed E-state index contributed by atoms with van der Waals surface area (Å²) in [6, 6.07) is 13.1. The van der Waals surface area contributed by atoms with Crippen molar-refractivity contribution in [1.29, 1.82) is 0 Å². The van der Waals surface area contributed by atoms with Crippen LogP contribution in [0.25, 0.3) is 5.69 Å². The third-order valence-electron chi connectivity index (χ3n) is 4.33. The van der Waals surface area contributed by atoms with E-state index < -0.39 is 0 Å². The summed E-state index contributed by atoms with van der Waals surface area (Å²) in [6.07, 6.45) is 1.64. The number of thioether (sulfide) groups is 1. The average molecular weight is 424 g/mol. The summed E-state index contributed by atoms with van der Waals surface area (Å²) in [5, 5.41) is 14.4. The quantitative estimate of drug-likeness (QED) is 0.565. The van der Waals surface area contributed by atoms with Crippen LogP contribution in [-0.2, 0) is 4.79 Å². The molecule has 0 bridgehead atoms. The van der Waals surface area contributed by atoms with Crippen LogP contribution in [0.5, 0.6) is 0 Å². The van der Waals surface area contributed by atoms with Crippen molar-refractivity contribution in [3.8, 4) is 5.69 Å². The lowest BCUT2D eigenvalue weighted by Crippen LogP contribution is -2.31. The van der Waals surface area contributed by atoms with Gasteiger partial charge in [-0.15, -0.1) is 10.2 Å². The van der Waals surface area contributed by atoms with Gasteiger partial charge >= 0.3 is 0 Å². The Balaban J connectivity index is 1.69. The Bertz CT molecular complexity index is 1060. The monoisotopic (exact) mass is 423 g/mol. The van der Waals surface area contributed by atoms with Crippen molar-refractivity contribution in [2.24, 2.45) is 0 Å². The van der Waals surface area contributed by atoms with Gasteiger partial charge in [-0.1, -0.05) is 41.6 Å². The van der Waals surface area contributed by atoms with Gasteiger partial charge in [0.1, 0.15) is 6.33 Å². The van der Waals surface area contributed by atoms with Gasteiger partial charge in [0.2, 0.25) is 5.91 Å². The zero-order valence-corrected chi connectivity index (χ0v) is 18.3. The molecule has 3 rings (SSSR count). The summed E-state index contributed by atoms with van der Waals surface area (Å²) in [5.74, 6) is -0.299. The van der Waals surface area contributed by atoms with E-state index in [2.05, 4.69) is 26.9 Å². The summed E-state index contributed by atoms with van der Waals surface area (Å²) in [4.78, 5) is 24.9. The number of carbonyl (C=O) groups is 2. The van der Waals surface area contributed by atoms with E-state index in [-0.39, 0.29) is 23.6 Å². The molecule has 0 atom stereocenters. The van der Waals surface area contributed by atoms with Gasteiger partial charge in [0.25, 0.3) is 5.91 Å². The van der Waals surface area contributed by atoms with Crippen LogP contribution in [0.3, 0.4) is 0 Å². The predicted octanol–water partition coefficient (Wildman–Crippen LogP) is 3.75. The number of hydrogen-bond acceptors (Lipinski definition) is 5. The Hall–Kier alpha value is -3.13. The highest BCUT2D eigenvalue weighted by atomic mass is 32.2. The number of nitrogens with one attached hydrogen (secondary N) is 2. The SMILES string of the molecule is Cc1ccc(-n2cnnc2SCC(=O)Nc2ccccc2C(=O)NC(C)C)c(C)c1. The van der Waals surface area contributed by atoms with E-state index in [1.54, 1.807) is 30.6 Å². The molecule has 0 aliphatic heterocycles. The van der Waals surface area contributed by atoms with Crippen LogP contribution >= 0.6 is 11.8 Å². The van der Waals surface area contributed by atoms with E-state index in [1.807, 2.05) is 44.4 Å². The van der Waals surface area contributed by atoms with Gasteiger partial charge in [0.15, 0.2) is 5.16 Å². The molecular weight excluding hydrogens is 398 g/mol. The summed E-state index contributed by atoms with van der Waals surface area (Å²) in [6.45, 7) is 7.86. The number of benzene rings is 2. The molecule has 0 aliphatic carbocycles. The number of carbonyl (C=O) groups excluding carboxylic acids is 2. The number of hydrogen-bond donors (Lipinski definition) is 2. The first-order chi connectivity index (χ1) is 14.3. The van der Waals surface area contributed by atoms with E-state index in [0.29, 0.717) is 16.4 Å². The second-order valence-corrected chi connectivity index (χ2v) is 8.23. The van der Waals surface area contributed by atoms with Crippen LogP contribution < -0.4 is 10.6 Å². The Morgan fingerprint density at radius 3 is 2.63 bits per heavy atom. The summed E-state index contributed by atoms with van der Waals surface area (Å²) < 4.78 is 1.87. The fraction of sp³-hybridized carbons (Fsp3) is 0.273. The van der Waals surface area contributed by atoms with Crippen LogP contribution in [0.15, 0.2) is 53.9 Å². The topological polar surface area (TPSA) is 88.9 Å². The molecule has 1 aromatic heterocycles. The van der Waals surface area contributed by atoms with Crippen molar-refractivity contribution in [1.82, 2.24) is 20.1 Å². The Morgan fingerprint density at radius 2 is 1.90 bits per heavy atom. The molecule has 0 unspecified atom stereocenters. The van der Waals surface area contributed by atoms with Crippen molar-refractivity contribution in [2.45, 2.75) is 38.9 Å². The summed E-state index contributed by atoms with van der Waals surface area (Å²) in [5.41, 5.74) is 4.17. The number of para-hydroxylation sites is 1. The van der Waals surface area contributed by atoms with Crippen molar-refractivity contribution in [3.63, 3.8) is 0 Å². The summed E-state index contributed by atoms with van der Waals surface area (Å²) in [7, 11) is 0. The minimum absolute atomic E-state index is 0.00778. The van der Waals surface area contributed by atoms with E-state index in [4.69, 9.17) is 0 Å². The van der Waals surface area contributed by atoms with Gasteiger partial charge in [0, 0.05) is 6.04 Å². The molecule has 0 spiro atoms. The number of anilines is 1. The lowest BCUT2D eigenvalue weighted by molar-refractivity contribution is -0.113. The molecule has 2 amide bonds. The van der Waals surface area contributed by atoms with E-state index >= 15 is 0 Å². The maximum absolute atomic E-state index is 12.5. The minimum atomic E-state index is -0.222. The van der Waals surface area contributed by atoms with Crippen LogP contribution in [-0.4, -0.2) is 38.4 Å². The number of rotatable bonds is 7. The molecule has 0 saturated heterocycles. The molecule has 0 radical (unpaired) electrons. The van der Waals surface area contributed by atoms with E-state index in [9.17, 15) is 9.59 Å². The highest BCUT2D eigenvalue weighted by Crippen LogP contribution is 2.23. The zero-order valence-electron chi connectivity index (χ0n) is 17.5. The predicted molar refractivity (Wildman–Crippen MR) is 119 cm³/mol. The lowest BCUT2D eigenvalue weighted by Gasteiger charge is -2.13. The van der Waals surface area contributed by atoms with E-state index in [0.717, 1.165) is 11.3 Å². The molecular formula is C22H25N5O2S. The normalized spacial score (nSPS) is 10.8. The van der Waals surface area contributed by atoms with Crippen molar-refractivity contribution >= 4 is 29.3 Å². The van der Waals surface area contributed by atoms with Gasteiger partial charge in [-0.2, -0.15) is 0 Å². The van der Waals surface area contributed by atoms with Gasteiger partial charge in [-0.3, -0.25) is 14.2 Å². The van der Waals surface area contributed by atoms with Gasteiger partial charge < -0.3 is 10.6 Å². The van der Waals surface area contributed by atoms with Crippen LogP contribution in [0.1, 0.15) is 35.3 Å². The zero-order chi connectivity index (χ0) is 21.7. The molecule has 30 heavy (non-hydrogen) atoms. The molecule has 2 N–H and O–H groups in total. The van der Waals surface area contributed by atoms with Crippen LogP contribution in [0.4, 0.5) is 5.69 Å². The van der Waals surface area contributed by atoms with Crippen LogP contribution in [0, 0.1) is 13.8 Å². The van der Waals surface area contributed by atoms with Crippen molar-refractivity contribution in [2.75, 3.05) is 11.1 Å². The molecule has 2 aromatic carbocycles. The maximum Gasteiger partial charge on any atom is 0.253 e. The first-order valence-corrected chi connectivity index (χ1v) is 10.6. The van der Waals surface area contributed by atoms with Gasteiger partial charge in [-0.05, 0) is 51.5 Å². The average Bonchev–Trinajstić information content (AvgIpc) is 3.14. The molecule has 1 heterocycles. The highest BCUT2D eigenvalue weighted by molar-refractivity contribution is 7.99. The summed E-state index contributed by atoms with van der Waals surface area (Å²) >= 11 is 1.29. The molecule has 0 aliphatic rings. The molecule has 7 nitrogen and oxygen atoms in total. The highest BCUT2D eigenvalue weighted by Gasteiger charge is 2.15. The van der Waals surface area contributed by atoms with Crippen LogP contribution in [0.2, 0.25) is 0 Å².